The number of ether oxygens (including phenoxy) is 3. The van der Waals surface area contributed by atoms with Crippen molar-refractivity contribution in [3.05, 3.63) is 53.6 Å². The van der Waals surface area contributed by atoms with Crippen LogP contribution in [0.4, 0.5) is 21.0 Å². The van der Waals surface area contributed by atoms with Gasteiger partial charge >= 0.3 is 18.2 Å². The quantitative estimate of drug-likeness (QED) is 0.357. The largest absolute Gasteiger partial charge is 0.444 e. The van der Waals surface area contributed by atoms with Gasteiger partial charge in [-0.1, -0.05) is 12.0 Å². The normalized spacial score (nSPS) is 11.1. The molecule has 0 saturated heterocycles. The van der Waals surface area contributed by atoms with Crippen LogP contribution in [-0.2, 0) is 9.47 Å². The van der Waals surface area contributed by atoms with E-state index in [2.05, 4.69) is 16.6 Å². The highest BCUT2D eigenvalue weighted by molar-refractivity contribution is 5.97. The number of hydrogen-bond donors (Lipinski definition) is 2. The maximum Gasteiger partial charge on any atom is 0.412 e. The third-order valence-corrected chi connectivity index (χ3v) is 3.67. The van der Waals surface area contributed by atoms with Gasteiger partial charge in [0, 0.05) is 16.9 Å². The molecule has 0 saturated carbocycles. The Morgan fingerprint density at radius 2 is 1.33 bits per heavy atom. The molecule has 2 rings (SSSR count). The number of hydrogen-bond acceptors (Lipinski definition) is 6. The Kier molecular flexibility index (Phi) is 7.72. The lowest BCUT2D eigenvalue weighted by molar-refractivity contribution is 0.0625. The maximum absolute atomic E-state index is 12.8. The van der Waals surface area contributed by atoms with Gasteiger partial charge in [-0.25, -0.2) is 14.4 Å². The smallest absolute Gasteiger partial charge is 0.412 e. The molecule has 0 bridgehead atoms. The van der Waals surface area contributed by atoms with Gasteiger partial charge in [-0.2, -0.15) is 0 Å². The highest BCUT2D eigenvalue weighted by Crippen LogP contribution is 2.23. The number of rotatable bonds is 4. The van der Waals surface area contributed by atoms with E-state index in [1.54, 1.807) is 65.8 Å². The zero-order valence-electron chi connectivity index (χ0n) is 19.6. The summed E-state index contributed by atoms with van der Waals surface area (Å²) in [7, 11) is 0. The molecule has 0 radical (unpaired) electrons. The Morgan fingerprint density at radius 3 is 1.79 bits per heavy atom. The number of benzene rings is 2. The first-order valence-corrected chi connectivity index (χ1v) is 10.2. The van der Waals surface area contributed by atoms with E-state index in [4.69, 9.17) is 20.6 Å². The molecule has 8 heteroatoms. The van der Waals surface area contributed by atoms with Crippen LogP contribution in [0.5, 0.6) is 5.75 Å². The molecular formula is C25H28N2O6. The standard InChI is InChI=1S/C25H28N2O6/c1-8-16-10-9-11-20(12-16)31-21(28)17-13-18(26-22(29)32-24(2,3)4)15-19(14-17)27-23(30)33-25(5,6)7/h1,9-15H,2-7H3,(H,26,29)(H,27,30). The molecule has 8 nitrogen and oxygen atoms in total. The van der Waals surface area contributed by atoms with Crippen LogP contribution >= 0.6 is 0 Å². The van der Waals surface area contributed by atoms with Gasteiger partial charge in [0.2, 0.25) is 0 Å². The summed E-state index contributed by atoms with van der Waals surface area (Å²) in [4.78, 5) is 37.2. The van der Waals surface area contributed by atoms with Crippen LogP contribution in [0.15, 0.2) is 42.5 Å². The lowest BCUT2D eigenvalue weighted by Crippen LogP contribution is -2.28. The van der Waals surface area contributed by atoms with Gasteiger partial charge < -0.3 is 14.2 Å². The van der Waals surface area contributed by atoms with Crippen LogP contribution in [0.3, 0.4) is 0 Å². The molecule has 0 heterocycles. The van der Waals surface area contributed by atoms with E-state index in [9.17, 15) is 14.4 Å². The number of esters is 1. The summed E-state index contributed by atoms with van der Waals surface area (Å²) >= 11 is 0. The Hall–Kier alpha value is -3.99. The lowest BCUT2D eigenvalue weighted by atomic mass is 10.1. The zero-order valence-corrected chi connectivity index (χ0v) is 19.6. The molecular weight excluding hydrogens is 424 g/mol. The van der Waals surface area contributed by atoms with Crippen LogP contribution in [0.1, 0.15) is 57.5 Å². The predicted molar refractivity (Wildman–Crippen MR) is 125 cm³/mol. The van der Waals surface area contributed by atoms with Crippen molar-refractivity contribution in [1.29, 1.82) is 0 Å². The van der Waals surface area contributed by atoms with Gasteiger partial charge in [-0.15, -0.1) is 6.42 Å². The molecule has 2 N–H and O–H groups in total. The summed E-state index contributed by atoms with van der Waals surface area (Å²) in [5.41, 5.74) is -0.404. The zero-order chi connectivity index (χ0) is 24.8. The first-order valence-electron chi connectivity index (χ1n) is 10.2. The molecule has 0 unspecified atom stereocenters. The fraction of sp³-hybridized carbons (Fsp3) is 0.320. The first kappa shape index (κ1) is 25.3. The second-order valence-corrected chi connectivity index (χ2v) is 9.11. The number of anilines is 2. The predicted octanol–water partition coefficient (Wildman–Crippen LogP) is 5.58. The summed E-state index contributed by atoms with van der Waals surface area (Å²) < 4.78 is 15.9. The van der Waals surface area contributed by atoms with Crippen molar-refractivity contribution in [2.45, 2.75) is 52.7 Å². The van der Waals surface area contributed by atoms with Crippen LogP contribution in [-0.4, -0.2) is 29.4 Å². The second-order valence-electron chi connectivity index (χ2n) is 9.11. The van der Waals surface area contributed by atoms with Crippen LogP contribution in [0.2, 0.25) is 0 Å². The summed E-state index contributed by atoms with van der Waals surface area (Å²) in [6.45, 7) is 10.3. The van der Waals surface area contributed by atoms with E-state index in [-0.39, 0.29) is 22.7 Å². The van der Waals surface area contributed by atoms with Crippen molar-refractivity contribution in [1.82, 2.24) is 0 Å². The fourth-order valence-corrected chi connectivity index (χ4v) is 2.55. The van der Waals surface area contributed by atoms with E-state index >= 15 is 0 Å². The monoisotopic (exact) mass is 452 g/mol. The molecule has 0 atom stereocenters. The van der Waals surface area contributed by atoms with E-state index in [0.717, 1.165) is 0 Å². The third-order valence-electron chi connectivity index (χ3n) is 3.67. The summed E-state index contributed by atoms with van der Waals surface area (Å²) in [6, 6.07) is 10.8. The van der Waals surface area contributed by atoms with Gasteiger partial charge in [0.15, 0.2) is 0 Å². The van der Waals surface area contributed by atoms with E-state index in [1.807, 2.05) is 0 Å². The van der Waals surface area contributed by atoms with Crippen LogP contribution in [0.25, 0.3) is 0 Å². The first-order chi connectivity index (χ1) is 15.2. The average Bonchev–Trinajstić information content (AvgIpc) is 2.64. The Bertz CT molecular complexity index is 1040. The average molecular weight is 453 g/mol. The van der Waals surface area contributed by atoms with E-state index < -0.39 is 29.4 Å². The minimum absolute atomic E-state index is 0.0701. The topological polar surface area (TPSA) is 103 Å². The van der Waals surface area contributed by atoms with Crippen molar-refractivity contribution in [3.63, 3.8) is 0 Å². The van der Waals surface area contributed by atoms with Gasteiger partial charge in [0.1, 0.15) is 17.0 Å². The number of amides is 2. The Balaban J connectivity index is 2.32. The van der Waals surface area contributed by atoms with Crippen molar-refractivity contribution >= 4 is 29.5 Å². The molecule has 0 aliphatic carbocycles. The summed E-state index contributed by atoms with van der Waals surface area (Å²) in [6.07, 6.45) is 3.94. The highest BCUT2D eigenvalue weighted by Gasteiger charge is 2.20. The lowest BCUT2D eigenvalue weighted by Gasteiger charge is -2.21. The highest BCUT2D eigenvalue weighted by atomic mass is 16.6. The molecule has 0 aliphatic rings. The molecule has 2 aromatic rings. The van der Waals surface area contributed by atoms with Crippen molar-refractivity contribution < 1.29 is 28.6 Å². The van der Waals surface area contributed by atoms with Crippen molar-refractivity contribution in [2.24, 2.45) is 0 Å². The molecule has 174 valence electrons. The summed E-state index contributed by atoms with van der Waals surface area (Å²) in [5.74, 6) is 2.00. The second kappa shape index (κ2) is 10.1. The Labute approximate surface area is 193 Å². The molecule has 33 heavy (non-hydrogen) atoms. The number of carbonyl (C=O) groups is 3. The molecule has 0 aliphatic heterocycles. The number of nitrogens with one attached hydrogen (secondary N) is 2. The number of terminal acetylenes is 1. The van der Waals surface area contributed by atoms with Crippen molar-refractivity contribution in [3.8, 4) is 18.1 Å². The third kappa shape index (κ3) is 8.95. The molecule has 2 amide bonds. The van der Waals surface area contributed by atoms with E-state index in [0.29, 0.717) is 5.56 Å². The van der Waals surface area contributed by atoms with Crippen LogP contribution in [0, 0.1) is 12.3 Å². The minimum Gasteiger partial charge on any atom is -0.444 e. The Morgan fingerprint density at radius 1 is 0.818 bits per heavy atom. The van der Waals surface area contributed by atoms with Gasteiger partial charge in [0.25, 0.3) is 0 Å². The van der Waals surface area contributed by atoms with E-state index in [1.165, 1.54) is 18.2 Å². The SMILES string of the molecule is C#Cc1cccc(OC(=O)c2cc(NC(=O)OC(C)(C)C)cc(NC(=O)OC(C)(C)C)c2)c1. The molecule has 0 fully saturated rings. The van der Waals surface area contributed by atoms with Crippen molar-refractivity contribution in [2.75, 3.05) is 10.6 Å². The van der Waals surface area contributed by atoms with Gasteiger partial charge in [-0.3, -0.25) is 10.6 Å². The summed E-state index contributed by atoms with van der Waals surface area (Å²) in [5, 5.41) is 5.10. The maximum atomic E-state index is 12.8. The molecule has 0 aromatic heterocycles. The fourth-order valence-electron chi connectivity index (χ4n) is 2.55. The minimum atomic E-state index is -0.724. The number of carbonyl (C=O) groups excluding carboxylic acids is 3. The molecule has 2 aromatic carbocycles. The molecule has 0 spiro atoms. The van der Waals surface area contributed by atoms with Crippen LogP contribution < -0.4 is 15.4 Å². The van der Waals surface area contributed by atoms with Gasteiger partial charge in [0.05, 0.1) is 5.56 Å². The van der Waals surface area contributed by atoms with Gasteiger partial charge in [-0.05, 0) is 77.9 Å².